The molecule has 0 aromatic carbocycles. The number of hydrogen-bond donors (Lipinski definition) is 7. The van der Waals surface area contributed by atoms with Crippen molar-refractivity contribution >= 4 is 41.6 Å². The molecule has 0 unspecified atom stereocenters. The van der Waals surface area contributed by atoms with Gasteiger partial charge in [-0.2, -0.15) is 0 Å². The zero-order chi connectivity index (χ0) is 33.7. The maximum Gasteiger partial charge on any atom is 0.326 e. The molecule has 254 valence electrons. The summed E-state index contributed by atoms with van der Waals surface area (Å²) < 4.78 is 0. The lowest BCUT2D eigenvalue weighted by Crippen LogP contribution is -2.60. The van der Waals surface area contributed by atoms with Crippen molar-refractivity contribution in [3.63, 3.8) is 0 Å². The van der Waals surface area contributed by atoms with Gasteiger partial charge in [0.25, 0.3) is 0 Å². The molecule has 0 aromatic heterocycles. The fourth-order valence-electron chi connectivity index (χ4n) is 5.51. The standard InChI is InChI=1S/C30H50N6O9/c1-17(2)14-22(29(43)44)34-27(41)21(16-24(38)39)32-26(40)20(15-23(37)36-12-8-9-13-36)33-28(42)25(18(3)4)35-30(45)31-19-10-6-5-7-11-19/h17-22,25H,5-16H2,1-4H3,(H,32,40)(H,33,42)(H,34,41)(H,38,39)(H,43,44)(H2,31,35,45)/t20-,21-,22-,25-/m0/s1. The molecule has 2 rings (SSSR count). The summed E-state index contributed by atoms with van der Waals surface area (Å²) in [6.45, 7) is 7.88. The van der Waals surface area contributed by atoms with Crippen LogP contribution in [0.2, 0.25) is 0 Å². The number of amides is 6. The summed E-state index contributed by atoms with van der Waals surface area (Å²) >= 11 is 0. The minimum absolute atomic E-state index is 0.00944. The molecule has 45 heavy (non-hydrogen) atoms. The van der Waals surface area contributed by atoms with Crippen LogP contribution in [0.15, 0.2) is 0 Å². The third kappa shape index (κ3) is 12.9. The molecule has 4 atom stereocenters. The number of carboxylic acids is 2. The van der Waals surface area contributed by atoms with Gasteiger partial charge < -0.3 is 41.7 Å². The predicted octanol–water partition coefficient (Wildman–Crippen LogP) is 0.715. The minimum atomic E-state index is -1.69. The molecule has 1 saturated heterocycles. The van der Waals surface area contributed by atoms with Gasteiger partial charge >= 0.3 is 18.0 Å². The van der Waals surface area contributed by atoms with E-state index in [9.17, 15) is 43.8 Å². The molecule has 0 aromatic rings. The Morgan fingerprint density at radius 2 is 1.22 bits per heavy atom. The van der Waals surface area contributed by atoms with E-state index >= 15 is 0 Å². The highest BCUT2D eigenvalue weighted by atomic mass is 16.4. The van der Waals surface area contributed by atoms with Gasteiger partial charge in [0, 0.05) is 19.1 Å². The molecule has 2 aliphatic rings. The van der Waals surface area contributed by atoms with Crippen LogP contribution in [0.5, 0.6) is 0 Å². The number of carboxylic acid groups (broad SMARTS) is 2. The van der Waals surface area contributed by atoms with E-state index in [2.05, 4.69) is 26.6 Å². The molecular weight excluding hydrogens is 588 g/mol. The van der Waals surface area contributed by atoms with E-state index in [1.54, 1.807) is 32.6 Å². The van der Waals surface area contributed by atoms with Crippen LogP contribution in [-0.4, -0.2) is 100 Å². The van der Waals surface area contributed by atoms with Gasteiger partial charge in [-0.1, -0.05) is 47.0 Å². The highest BCUT2D eigenvalue weighted by Crippen LogP contribution is 2.17. The van der Waals surface area contributed by atoms with Crippen LogP contribution >= 0.6 is 0 Å². The van der Waals surface area contributed by atoms with Crippen molar-refractivity contribution in [2.45, 2.75) is 122 Å². The fraction of sp³-hybridized carbons (Fsp3) is 0.767. The normalized spacial score (nSPS) is 18.0. The van der Waals surface area contributed by atoms with Gasteiger partial charge in [-0.15, -0.1) is 0 Å². The number of likely N-dealkylation sites (tertiary alicyclic amines) is 1. The Hall–Kier alpha value is -3.91. The van der Waals surface area contributed by atoms with E-state index in [4.69, 9.17) is 0 Å². The molecule has 1 heterocycles. The molecule has 2 fully saturated rings. The molecule has 1 saturated carbocycles. The smallest absolute Gasteiger partial charge is 0.326 e. The molecular formula is C30H50N6O9. The summed E-state index contributed by atoms with van der Waals surface area (Å²) in [7, 11) is 0. The van der Waals surface area contributed by atoms with Crippen molar-refractivity contribution in [3.05, 3.63) is 0 Å². The first-order valence-corrected chi connectivity index (χ1v) is 15.9. The maximum atomic E-state index is 13.5. The second-order valence-electron chi connectivity index (χ2n) is 12.7. The second-order valence-corrected chi connectivity index (χ2v) is 12.7. The zero-order valence-corrected chi connectivity index (χ0v) is 26.7. The van der Waals surface area contributed by atoms with Crippen LogP contribution in [0.25, 0.3) is 0 Å². The third-order valence-electron chi connectivity index (χ3n) is 7.98. The first-order valence-electron chi connectivity index (χ1n) is 15.9. The van der Waals surface area contributed by atoms with Gasteiger partial charge in [0.2, 0.25) is 23.6 Å². The van der Waals surface area contributed by atoms with Crippen LogP contribution in [0.1, 0.15) is 91.9 Å². The number of aliphatic carboxylic acids is 2. The molecule has 7 N–H and O–H groups in total. The van der Waals surface area contributed by atoms with Gasteiger partial charge in [0.15, 0.2) is 0 Å². The van der Waals surface area contributed by atoms with E-state index in [-0.39, 0.29) is 18.4 Å². The number of nitrogens with one attached hydrogen (secondary N) is 5. The molecule has 1 aliphatic carbocycles. The molecule has 0 bridgehead atoms. The Labute approximate surface area is 264 Å². The first-order chi connectivity index (χ1) is 21.2. The van der Waals surface area contributed by atoms with E-state index in [0.29, 0.717) is 13.1 Å². The Kier molecular flexibility index (Phi) is 15.0. The van der Waals surface area contributed by atoms with Crippen molar-refractivity contribution in [1.82, 2.24) is 31.5 Å². The Morgan fingerprint density at radius 1 is 0.689 bits per heavy atom. The average Bonchev–Trinajstić information content (AvgIpc) is 3.50. The minimum Gasteiger partial charge on any atom is -0.481 e. The number of carbonyl (C=O) groups is 7. The van der Waals surface area contributed by atoms with Crippen molar-refractivity contribution in [2.75, 3.05) is 13.1 Å². The second kappa shape index (κ2) is 18.2. The fourth-order valence-corrected chi connectivity index (χ4v) is 5.51. The monoisotopic (exact) mass is 638 g/mol. The Bertz CT molecular complexity index is 1070. The molecule has 0 radical (unpaired) electrons. The summed E-state index contributed by atoms with van der Waals surface area (Å²) in [5.41, 5.74) is 0. The predicted molar refractivity (Wildman–Crippen MR) is 163 cm³/mol. The maximum absolute atomic E-state index is 13.5. The van der Waals surface area contributed by atoms with Crippen molar-refractivity contribution in [3.8, 4) is 0 Å². The lowest BCUT2D eigenvalue weighted by atomic mass is 9.96. The van der Waals surface area contributed by atoms with Gasteiger partial charge in [-0.05, 0) is 43.9 Å². The van der Waals surface area contributed by atoms with Crippen LogP contribution in [0, 0.1) is 11.8 Å². The van der Waals surface area contributed by atoms with Crippen LogP contribution < -0.4 is 26.6 Å². The average molecular weight is 639 g/mol. The van der Waals surface area contributed by atoms with E-state index in [1.807, 2.05) is 0 Å². The highest BCUT2D eigenvalue weighted by molar-refractivity contribution is 5.98. The van der Waals surface area contributed by atoms with Gasteiger partial charge in [0.1, 0.15) is 24.2 Å². The van der Waals surface area contributed by atoms with Gasteiger partial charge in [-0.25, -0.2) is 9.59 Å². The number of hydrogen-bond acceptors (Lipinski definition) is 7. The number of nitrogens with zero attached hydrogens (tertiary/aromatic N) is 1. The van der Waals surface area contributed by atoms with Crippen LogP contribution in [-0.2, 0) is 28.8 Å². The summed E-state index contributed by atoms with van der Waals surface area (Å²) in [4.78, 5) is 90.6. The SMILES string of the molecule is CC(C)C[C@H](NC(=O)[C@H](CC(=O)O)NC(=O)[C@H](CC(=O)N1CCCC1)NC(=O)[C@@H](NC(=O)NC1CCCCC1)C(C)C)C(=O)O. The van der Waals surface area contributed by atoms with E-state index in [1.165, 1.54) is 0 Å². The first kappa shape index (κ1) is 37.3. The number of carbonyl (C=O) groups excluding carboxylic acids is 5. The topological polar surface area (TPSA) is 223 Å². The van der Waals surface area contributed by atoms with Crippen LogP contribution in [0.3, 0.4) is 0 Å². The largest absolute Gasteiger partial charge is 0.481 e. The lowest BCUT2D eigenvalue weighted by molar-refractivity contribution is -0.144. The molecule has 0 spiro atoms. The molecule has 1 aliphatic heterocycles. The Morgan fingerprint density at radius 3 is 1.73 bits per heavy atom. The summed E-state index contributed by atoms with van der Waals surface area (Å²) in [6, 6.07) is -6.13. The van der Waals surface area contributed by atoms with Crippen molar-refractivity contribution in [2.24, 2.45) is 11.8 Å². The van der Waals surface area contributed by atoms with Crippen molar-refractivity contribution in [1.29, 1.82) is 0 Å². The zero-order valence-electron chi connectivity index (χ0n) is 26.7. The number of rotatable bonds is 16. The molecule has 6 amide bonds. The summed E-state index contributed by atoms with van der Waals surface area (Å²) in [5.74, 6) is -6.45. The summed E-state index contributed by atoms with van der Waals surface area (Å²) in [5, 5.41) is 31.6. The van der Waals surface area contributed by atoms with Crippen molar-refractivity contribution < 1.29 is 43.8 Å². The Balaban J connectivity index is 2.23. The lowest BCUT2D eigenvalue weighted by Gasteiger charge is -2.28. The van der Waals surface area contributed by atoms with Crippen LogP contribution in [0.4, 0.5) is 4.79 Å². The summed E-state index contributed by atoms with van der Waals surface area (Å²) in [6.07, 6.45) is 5.06. The number of urea groups is 1. The highest BCUT2D eigenvalue weighted by Gasteiger charge is 2.35. The van der Waals surface area contributed by atoms with Gasteiger partial charge in [-0.3, -0.25) is 24.0 Å². The third-order valence-corrected chi connectivity index (χ3v) is 7.98. The van der Waals surface area contributed by atoms with E-state index < -0.39 is 84.5 Å². The van der Waals surface area contributed by atoms with Gasteiger partial charge in [0.05, 0.1) is 12.8 Å². The molecule has 15 heteroatoms. The molecule has 15 nitrogen and oxygen atoms in total. The quantitative estimate of drug-likeness (QED) is 0.126. The van der Waals surface area contributed by atoms with E-state index in [0.717, 1.165) is 44.9 Å².